The monoisotopic (exact) mass is 566 g/mol. The molecule has 7 nitrogen and oxygen atoms in total. The molecule has 3 aromatic rings. The molecule has 216 valence electrons. The van der Waals surface area contributed by atoms with Crippen molar-refractivity contribution in [3.63, 3.8) is 0 Å². The molecule has 4 amide bonds. The first-order valence-corrected chi connectivity index (χ1v) is 13.2. The SMILES string of the molecule is Cc1cccc(N(C(N)=O)C2CC(c3ccc(C(F)(F)F)cc3)c3ccccc3N(CC(=O)NC(C)(C)C)C2=O)c1. The van der Waals surface area contributed by atoms with Crippen LogP contribution in [0, 0.1) is 6.92 Å². The van der Waals surface area contributed by atoms with E-state index >= 15 is 0 Å². The summed E-state index contributed by atoms with van der Waals surface area (Å²) in [5, 5.41) is 2.86. The van der Waals surface area contributed by atoms with Crippen LogP contribution in [0.25, 0.3) is 0 Å². The summed E-state index contributed by atoms with van der Waals surface area (Å²) >= 11 is 0. The van der Waals surface area contributed by atoms with E-state index in [0.717, 1.165) is 17.7 Å². The topological polar surface area (TPSA) is 95.7 Å². The highest BCUT2D eigenvalue weighted by Crippen LogP contribution is 2.42. The maximum Gasteiger partial charge on any atom is 0.416 e. The van der Waals surface area contributed by atoms with Crippen molar-refractivity contribution >= 4 is 29.2 Å². The number of hydrogen-bond acceptors (Lipinski definition) is 3. The van der Waals surface area contributed by atoms with Gasteiger partial charge in [-0.3, -0.25) is 14.5 Å². The molecule has 1 heterocycles. The molecule has 1 aliphatic heterocycles. The second kappa shape index (κ2) is 11.3. The first-order chi connectivity index (χ1) is 19.2. The Morgan fingerprint density at radius 1 is 1.00 bits per heavy atom. The summed E-state index contributed by atoms with van der Waals surface area (Å²) in [5.74, 6) is -1.53. The number of benzene rings is 3. The van der Waals surface area contributed by atoms with Gasteiger partial charge in [-0.15, -0.1) is 0 Å². The van der Waals surface area contributed by atoms with Gasteiger partial charge in [-0.05, 0) is 81.1 Å². The van der Waals surface area contributed by atoms with Crippen LogP contribution in [0.15, 0.2) is 72.8 Å². The predicted octanol–water partition coefficient (Wildman–Crippen LogP) is 5.75. The predicted molar refractivity (Wildman–Crippen MR) is 152 cm³/mol. The molecule has 0 saturated heterocycles. The minimum atomic E-state index is -4.51. The summed E-state index contributed by atoms with van der Waals surface area (Å²) in [7, 11) is 0. The number of fused-ring (bicyclic) bond motifs is 1. The van der Waals surface area contributed by atoms with Gasteiger partial charge in [0.05, 0.1) is 5.56 Å². The molecule has 0 bridgehead atoms. The molecule has 0 aromatic heterocycles. The van der Waals surface area contributed by atoms with E-state index in [0.29, 0.717) is 22.5 Å². The van der Waals surface area contributed by atoms with Gasteiger partial charge >= 0.3 is 12.2 Å². The average Bonchev–Trinajstić information content (AvgIpc) is 2.98. The van der Waals surface area contributed by atoms with Crippen molar-refractivity contribution in [2.75, 3.05) is 16.3 Å². The van der Waals surface area contributed by atoms with Crippen molar-refractivity contribution in [1.82, 2.24) is 5.32 Å². The number of aryl methyl sites for hydroxylation is 1. The van der Waals surface area contributed by atoms with E-state index in [4.69, 9.17) is 5.73 Å². The number of hydrogen-bond donors (Lipinski definition) is 2. The number of anilines is 2. The number of nitrogens with one attached hydrogen (secondary N) is 1. The van der Waals surface area contributed by atoms with Gasteiger partial charge in [0.2, 0.25) is 5.91 Å². The Morgan fingerprint density at radius 3 is 2.24 bits per heavy atom. The highest BCUT2D eigenvalue weighted by atomic mass is 19.4. The Hall–Kier alpha value is -4.34. The van der Waals surface area contributed by atoms with Crippen LogP contribution in [-0.2, 0) is 15.8 Å². The molecule has 1 aliphatic rings. The summed E-state index contributed by atoms with van der Waals surface area (Å²) < 4.78 is 40.0. The highest BCUT2D eigenvalue weighted by molar-refractivity contribution is 6.08. The molecule has 0 fully saturated rings. The number of urea groups is 1. The number of amides is 4. The van der Waals surface area contributed by atoms with Crippen LogP contribution in [0.2, 0.25) is 0 Å². The third-order valence-corrected chi connectivity index (χ3v) is 6.90. The maximum absolute atomic E-state index is 14.3. The minimum absolute atomic E-state index is 0.0233. The largest absolute Gasteiger partial charge is 0.416 e. The third kappa shape index (κ3) is 6.70. The minimum Gasteiger partial charge on any atom is -0.351 e. The van der Waals surface area contributed by atoms with Gasteiger partial charge in [-0.2, -0.15) is 13.2 Å². The molecule has 2 unspecified atom stereocenters. The first kappa shape index (κ1) is 29.6. The van der Waals surface area contributed by atoms with Crippen molar-refractivity contribution < 1.29 is 27.6 Å². The van der Waals surface area contributed by atoms with Gasteiger partial charge < -0.3 is 16.0 Å². The molecule has 0 radical (unpaired) electrons. The standard InChI is InChI=1S/C31H33F3N4O3/c1-19-8-7-9-22(16-19)38(29(35)41)26-17-24(20-12-14-21(15-13-20)31(32,33)34)23-10-5-6-11-25(23)37(28(26)40)18-27(39)36-30(2,3)4/h5-16,24,26H,17-18H2,1-4H3,(H2,35,41)(H,36,39). The van der Waals surface area contributed by atoms with Gasteiger partial charge in [-0.1, -0.05) is 42.5 Å². The maximum atomic E-state index is 14.3. The van der Waals surface area contributed by atoms with Crippen LogP contribution in [0.5, 0.6) is 0 Å². The van der Waals surface area contributed by atoms with Crippen molar-refractivity contribution in [3.8, 4) is 0 Å². The lowest BCUT2D eigenvalue weighted by Gasteiger charge is -2.33. The zero-order valence-electron chi connectivity index (χ0n) is 23.3. The molecular formula is C31H33F3N4O3. The molecule has 41 heavy (non-hydrogen) atoms. The molecule has 0 saturated carbocycles. The summed E-state index contributed by atoms with van der Waals surface area (Å²) in [4.78, 5) is 42.9. The molecule has 0 spiro atoms. The summed E-state index contributed by atoms with van der Waals surface area (Å²) in [6.07, 6.45) is -4.49. The van der Waals surface area contributed by atoms with Gasteiger partial charge in [-0.25, -0.2) is 4.79 Å². The summed E-state index contributed by atoms with van der Waals surface area (Å²) in [5.41, 5.74) is 7.33. The summed E-state index contributed by atoms with van der Waals surface area (Å²) in [6.45, 7) is 6.96. The fraction of sp³-hybridized carbons (Fsp3) is 0.323. The van der Waals surface area contributed by atoms with Crippen LogP contribution in [-0.4, -0.2) is 36.0 Å². The number of carbonyl (C=O) groups excluding carboxylic acids is 3. The van der Waals surface area contributed by atoms with Gasteiger partial charge in [0.1, 0.15) is 12.6 Å². The first-order valence-electron chi connectivity index (χ1n) is 13.2. The fourth-order valence-corrected chi connectivity index (χ4v) is 5.22. The zero-order chi connectivity index (χ0) is 30.1. The number of rotatable bonds is 5. The number of para-hydroxylation sites is 1. The lowest BCUT2D eigenvalue weighted by Crippen LogP contribution is -2.55. The number of alkyl halides is 3. The Bertz CT molecular complexity index is 1450. The van der Waals surface area contributed by atoms with Crippen molar-refractivity contribution in [2.45, 2.75) is 57.8 Å². The molecule has 0 aliphatic carbocycles. The molecular weight excluding hydrogens is 533 g/mol. The van der Waals surface area contributed by atoms with Crippen LogP contribution < -0.4 is 20.9 Å². The number of nitrogens with zero attached hydrogens (tertiary/aromatic N) is 2. The Kier molecular flexibility index (Phi) is 8.15. The number of nitrogens with two attached hydrogens (primary N) is 1. The average molecular weight is 567 g/mol. The van der Waals surface area contributed by atoms with E-state index in [1.54, 1.807) is 42.5 Å². The van der Waals surface area contributed by atoms with E-state index in [1.807, 2.05) is 33.8 Å². The number of halogens is 3. The van der Waals surface area contributed by atoms with Crippen LogP contribution in [0.3, 0.4) is 0 Å². The van der Waals surface area contributed by atoms with Gasteiger partial charge in [0.15, 0.2) is 0 Å². The normalized spacial score (nSPS) is 17.4. The van der Waals surface area contributed by atoms with Gasteiger partial charge in [0, 0.05) is 22.8 Å². The second-order valence-corrected chi connectivity index (χ2v) is 11.3. The van der Waals surface area contributed by atoms with E-state index in [2.05, 4.69) is 5.32 Å². The fourth-order valence-electron chi connectivity index (χ4n) is 5.22. The van der Waals surface area contributed by atoms with Crippen LogP contribution in [0.4, 0.5) is 29.3 Å². The zero-order valence-corrected chi connectivity index (χ0v) is 23.3. The van der Waals surface area contributed by atoms with E-state index < -0.39 is 47.1 Å². The molecule has 4 rings (SSSR count). The smallest absolute Gasteiger partial charge is 0.351 e. The lowest BCUT2D eigenvalue weighted by atomic mass is 9.85. The second-order valence-electron chi connectivity index (χ2n) is 11.3. The van der Waals surface area contributed by atoms with Crippen molar-refractivity contribution in [1.29, 1.82) is 0 Å². The van der Waals surface area contributed by atoms with Gasteiger partial charge in [0.25, 0.3) is 5.91 Å². The van der Waals surface area contributed by atoms with Crippen LogP contribution >= 0.6 is 0 Å². The quantitative estimate of drug-likeness (QED) is 0.412. The van der Waals surface area contributed by atoms with E-state index in [-0.39, 0.29) is 13.0 Å². The highest BCUT2D eigenvalue weighted by Gasteiger charge is 2.41. The van der Waals surface area contributed by atoms with Crippen molar-refractivity contribution in [3.05, 3.63) is 95.1 Å². The third-order valence-electron chi connectivity index (χ3n) is 6.90. The molecule has 3 aromatic carbocycles. The molecule has 10 heteroatoms. The van der Waals surface area contributed by atoms with Crippen molar-refractivity contribution in [2.24, 2.45) is 5.73 Å². The van der Waals surface area contributed by atoms with Crippen LogP contribution in [0.1, 0.15) is 55.4 Å². The summed E-state index contributed by atoms with van der Waals surface area (Å²) in [6, 6.07) is 16.7. The molecule has 3 N–H and O–H groups in total. The lowest BCUT2D eigenvalue weighted by molar-refractivity contribution is -0.137. The number of primary amides is 1. The Balaban J connectivity index is 1.89. The van der Waals surface area contributed by atoms with E-state index in [1.165, 1.54) is 21.9 Å². The number of carbonyl (C=O) groups is 3. The Labute approximate surface area is 237 Å². The molecule has 2 atom stereocenters. The Morgan fingerprint density at radius 2 is 1.66 bits per heavy atom. The van der Waals surface area contributed by atoms with E-state index in [9.17, 15) is 27.6 Å².